The molecule has 2 atom stereocenters. The van der Waals surface area contributed by atoms with Crippen LogP contribution in [-0.2, 0) is 25.6 Å². The quantitative estimate of drug-likeness (QED) is 0.0955. The van der Waals surface area contributed by atoms with Crippen molar-refractivity contribution in [3.8, 4) is 0 Å². The van der Waals surface area contributed by atoms with Crippen LogP contribution in [0.15, 0.2) is 29.6 Å². The van der Waals surface area contributed by atoms with Crippen LogP contribution in [0.2, 0.25) is 0 Å². The molecule has 0 bridgehead atoms. The number of unbranched alkanes of at least 4 members (excludes halogenated alkanes) is 1. The number of nitrogens with one attached hydrogen (secondary N) is 3. The Morgan fingerprint density at radius 2 is 1.68 bits per heavy atom. The van der Waals surface area contributed by atoms with Crippen LogP contribution in [0.1, 0.15) is 73.3 Å². The molecule has 1 heterocycles. The summed E-state index contributed by atoms with van der Waals surface area (Å²) in [6, 6.07) is 6.12. The molecule has 0 unspecified atom stereocenters. The van der Waals surface area contributed by atoms with Crippen molar-refractivity contribution in [2.75, 3.05) is 39.9 Å². The molecular formula is C33H54N6O7S. The number of carbonyl (C=O) groups is 4. The molecule has 0 aliphatic carbocycles. The molecular weight excluding hydrogens is 624 g/mol. The molecule has 13 nitrogen and oxygen atoms in total. The number of rotatable bonds is 19. The number of carbonyl (C=O) groups excluding carboxylic acids is 3. The van der Waals surface area contributed by atoms with E-state index in [1.54, 1.807) is 30.2 Å². The van der Waals surface area contributed by atoms with Crippen LogP contribution >= 0.6 is 11.3 Å². The maximum atomic E-state index is 14.5. The Balaban J connectivity index is 2.39. The van der Waals surface area contributed by atoms with E-state index in [2.05, 4.69) is 16.1 Å². The summed E-state index contributed by atoms with van der Waals surface area (Å²) in [5.41, 5.74) is 2.95. The molecule has 1 aromatic heterocycles. The van der Waals surface area contributed by atoms with Gasteiger partial charge < -0.3 is 35.0 Å². The van der Waals surface area contributed by atoms with Gasteiger partial charge in [0.2, 0.25) is 11.8 Å². The van der Waals surface area contributed by atoms with E-state index < -0.39 is 41.9 Å². The van der Waals surface area contributed by atoms with Crippen molar-refractivity contribution in [2.24, 2.45) is 0 Å². The average molecular weight is 679 g/mol. The first-order valence-electron chi connectivity index (χ1n) is 16.3. The highest BCUT2D eigenvalue weighted by atomic mass is 32.1. The first-order valence-corrected chi connectivity index (χ1v) is 17.2. The number of amides is 5. The zero-order valence-electron chi connectivity index (χ0n) is 29.1. The molecule has 0 spiro atoms. The predicted molar refractivity (Wildman–Crippen MR) is 184 cm³/mol. The molecule has 14 heteroatoms. The summed E-state index contributed by atoms with van der Waals surface area (Å²) in [4.78, 5) is 54.7. The highest BCUT2D eigenvalue weighted by Gasteiger charge is 2.34. The largest absolute Gasteiger partial charge is 0.465 e. The first kappa shape index (κ1) is 39.7. The van der Waals surface area contributed by atoms with Crippen LogP contribution in [0.3, 0.4) is 0 Å². The summed E-state index contributed by atoms with van der Waals surface area (Å²) >= 11 is 1.60. The highest BCUT2D eigenvalue weighted by Crippen LogP contribution is 2.28. The first-order chi connectivity index (χ1) is 22.2. The van der Waals surface area contributed by atoms with Crippen molar-refractivity contribution in [3.05, 3.63) is 35.2 Å². The fourth-order valence-corrected chi connectivity index (χ4v) is 6.18. The Hall–Kier alpha value is -3.46. The summed E-state index contributed by atoms with van der Waals surface area (Å²) in [5.74, 6) is -0.764. The number of hydrazine groups is 1. The number of urea groups is 1. The lowest BCUT2D eigenvalue weighted by Crippen LogP contribution is -2.56. The SMILES string of the molecule is CCNC(=O)NN(C)CC(=O)N[C@@H](CCCCN(C(=O)O)C(C)(C)C)C(=O)N(Cc1csc2ccccc12)[C@@H](C)C(OCC)OCC. The van der Waals surface area contributed by atoms with E-state index in [1.165, 1.54) is 9.91 Å². The van der Waals surface area contributed by atoms with E-state index in [0.717, 1.165) is 15.6 Å². The van der Waals surface area contributed by atoms with Crippen molar-refractivity contribution in [1.29, 1.82) is 0 Å². The van der Waals surface area contributed by atoms with Gasteiger partial charge in [-0.05, 0) is 90.1 Å². The van der Waals surface area contributed by atoms with Crippen molar-refractivity contribution in [2.45, 2.75) is 98.2 Å². The number of nitrogens with zero attached hydrogens (tertiary/aromatic N) is 3. The fraction of sp³-hybridized carbons (Fsp3) is 0.636. The van der Waals surface area contributed by atoms with Crippen LogP contribution in [0.4, 0.5) is 9.59 Å². The molecule has 2 rings (SSSR count). The Morgan fingerprint density at radius 3 is 2.28 bits per heavy atom. The summed E-state index contributed by atoms with van der Waals surface area (Å²) in [6.07, 6.45) is -0.460. The molecule has 47 heavy (non-hydrogen) atoms. The van der Waals surface area contributed by atoms with Gasteiger partial charge in [-0.15, -0.1) is 11.3 Å². The lowest BCUT2D eigenvalue weighted by molar-refractivity contribution is -0.179. The molecule has 264 valence electrons. The number of ether oxygens (including phenoxy) is 2. The fourth-order valence-electron chi connectivity index (χ4n) is 5.23. The molecule has 0 aliphatic heterocycles. The molecule has 2 aromatic rings. The normalized spacial score (nSPS) is 13.0. The van der Waals surface area contributed by atoms with Gasteiger partial charge in [0.15, 0.2) is 6.29 Å². The van der Waals surface area contributed by atoms with E-state index in [-0.39, 0.29) is 32.0 Å². The number of benzene rings is 1. The minimum Gasteiger partial charge on any atom is -0.465 e. The number of fused-ring (bicyclic) bond motifs is 1. The molecule has 1 aromatic carbocycles. The van der Waals surface area contributed by atoms with Gasteiger partial charge in [0.25, 0.3) is 0 Å². The molecule has 5 amide bonds. The van der Waals surface area contributed by atoms with Gasteiger partial charge in [0, 0.05) is 50.1 Å². The monoisotopic (exact) mass is 678 g/mol. The standard InChI is InChI=1S/C33H54N6O7S/c1-9-34-31(42)36-37(8)21-28(40)35-26(17-14-15-19-39(32(43)44)33(5,6)7)29(41)38(23(4)30(45-10-2)46-11-3)20-24-22-47-27-18-13-12-16-25(24)27/h12-13,16,18,22-23,26,30H,9-11,14-15,17,19-21H2,1-8H3,(H,35,40)(H,43,44)(H2,34,36,42)/t23-,26-/m0/s1. The van der Waals surface area contributed by atoms with Gasteiger partial charge in [0.1, 0.15) is 6.04 Å². The van der Waals surface area contributed by atoms with E-state index >= 15 is 0 Å². The van der Waals surface area contributed by atoms with Crippen molar-refractivity contribution < 1.29 is 33.8 Å². The summed E-state index contributed by atoms with van der Waals surface area (Å²) in [6.45, 7) is 14.4. The second-order valence-electron chi connectivity index (χ2n) is 12.3. The Morgan fingerprint density at radius 1 is 1.02 bits per heavy atom. The van der Waals surface area contributed by atoms with Crippen molar-refractivity contribution >= 4 is 45.4 Å². The van der Waals surface area contributed by atoms with E-state index in [4.69, 9.17) is 9.47 Å². The van der Waals surface area contributed by atoms with Gasteiger partial charge in [0.05, 0.1) is 12.6 Å². The van der Waals surface area contributed by atoms with Crippen LogP contribution in [0.25, 0.3) is 10.1 Å². The third kappa shape index (κ3) is 12.6. The summed E-state index contributed by atoms with van der Waals surface area (Å²) in [5, 5.41) is 19.7. The maximum absolute atomic E-state index is 14.5. The van der Waals surface area contributed by atoms with Gasteiger partial charge in [-0.3, -0.25) is 15.0 Å². The average Bonchev–Trinajstić information content (AvgIpc) is 3.40. The van der Waals surface area contributed by atoms with Crippen LogP contribution in [-0.4, -0.2) is 108 Å². The second kappa shape index (κ2) is 19.4. The lowest BCUT2D eigenvalue weighted by Gasteiger charge is -2.37. The van der Waals surface area contributed by atoms with E-state index in [9.17, 15) is 24.3 Å². The van der Waals surface area contributed by atoms with Gasteiger partial charge in [-0.2, -0.15) is 0 Å². The molecule has 0 saturated heterocycles. The molecule has 0 aliphatic rings. The van der Waals surface area contributed by atoms with Gasteiger partial charge in [-0.25, -0.2) is 14.6 Å². The smallest absolute Gasteiger partial charge is 0.407 e. The Bertz CT molecular complexity index is 1290. The molecule has 0 saturated carbocycles. The van der Waals surface area contributed by atoms with Crippen LogP contribution in [0.5, 0.6) is 0 Å². The van der Waals surface area contributed by atoms with Gasteiger partial charge >= 0.3 is 12.1 Å². The number of hydrogen-bond acceptors (Lipinski definition) is 8. The Kier molecular flexibility index (Phi) is 16.4. The van der Waals surface area contributed by atoms with Gasteiger partial charge in [-0.1, -0.05) is 18.2 Å². The third-order valence-corrected chi connectivity index (χ3v) is 8.55. The third-order valence-electron chi connectivity index (χ3n) is 7.54. The number of thiophene rings is 1. The van der Waals surface area contributed by atoms with Crippen molar-refractivity contribution in [3.63, 3.8) is 0 Å². The zero-order chi connectivity index (χ0) is 35.1. The van der Waals surface area contributed by atoms with E-state index in [1.807, 2.05) is 71.2 Å². The second-order valence-corrected chi connectivity index (χ2v) is 13.2. The lowest BCUT2D eigenvalue weighted by atomic mass is 10.0. The number of carboxylic acid groups (broad SMARTS) is 1. The predicted octanol–water partition coefficient (Wildman–Crippen LogP) is 4.62. The summed E-state index contributed by atoms with van der Waals surface area (Å²) < 4.78 is 12.9. The highest BCUT2D eigenvalue weighted by molar-refractivity contribution is 7.17. The Labute approximate surface area is 282 Å². The topological polar surface area (TPSA) is 153 Å². The van der Waals surface area contributed by atoms with Crippen LogP contribution in [0, 0.1) is 0 Å². The van der Waals surface area contributed by atoms with Crippen LogP contribution < -0.4 is 16.1 Å². The summed E-state index contributed by atoms with van der Waals surface area (Å²) in [7, 11) is 1.56. The number of likely N-dealkylation sites (N-methyl/N-ethyl adjacent to an activating group) is 1. The maximum Gasteiger partial charge on any atom is 0.407 e. The van der Waals surface area contributed by atoms with Crippen molar-refractivity contribution in [1.82, 2.24) is 30.9 Å². The molecule has 0 radical (unpaired) electrons. The zero-order valence-corrected chi connectivity index (χ0v) is 29.9. The minimum absolute atomic E-state index is 0.191. The van der Waals surface area contributed by atoms with E-state index in [0.29, 0.717) is 32.6 Å². The minimum atomic E-state index is -1.01. The number of hydrogen-bond donors (Lipinski definition) is 4. The molecule has 0 fully saturated rings. The molecule has 4 N–H and O–H groups in total.